The molecule has 0 radical (unpaired) electrons. The molecule has 0 unspecified atom stereocenters. The minimum atomic E-state index is 0.788. The predicted octanol–water partition coefficient (Wildman–Crippen LogP) is 2.86. The third-order valence-corrected chi connectivity index (χ3v) is 3.62. The fourth-order valence-electron chi connectivity index (χ4n) is 1.80. The normalized spacial score (nSPS) is 14.3. The molecule has 1 saturated carbocycles. The number of anilines is 2. The summed E-state index contributed by atoms with van der Waals surface area (Å²) in [6.45, 7) is 5.56. The molecule has 1 heterocycles. The topological polar surface area (TPSA) is 59.1 Å². The van der Waals surface area contributed by atoms with Gasteiger partial charge in [-0.25, -0.2) is 9.97 Å². The summed E-state index contributed by atoms with van der Waals surface area (Å²) in [5, 5.41) is 7.35. The Balaban J connectivity index is 1.71. The van der Waals surface area contributed by atoms with Crippen LogP contribution in [0.3, 0.4) is 0 Å². The fourth-order valence-corrected chi connectivity index (χ4v) is 2.18. The highest BCUT2D eigenvalue weighted by molar-refractivity contribution is 7.98. The lowest BCUT2D eigenvalue weighted by molar-refractivity contribution is 0.124. The monoisotopic (exact) mass is 296 g/mol. The molecule has 0 bridgehead atoms. The van der Waals surface area contributed by atoms with Crippen molar-refractivity contribution < 1.29 is 4.74 Å². The molecule has 5 nitrogen and oxygen atoms in total. The van der Waals surface area contributed by atoms with E-state index in [2.05, 4.69) is 27.5 Å². The van der Waals surface area contributed by atoms with Gasteiger partial charge >= 0.3 is 0 Å². The number of nitrogens with zero attached hydrogens (tertiary/aromatic N) is 2. The van der Waals surface area contributed by atoms with Crippen molar-refractivity contribution in [1.29, 1.82) is 0 Å². The highest BCUT2D eigenvalue weighted by Crippen LogP contribution is 2.28. The maximum absolute atomic E-state index is 5.61. The van der Waals surface area contributed by atoms with Crippen LogP contribution in [0.5, 0.6) is 0 Å². The molecule has 112 valence electrons. The summed E-state index contributed by atoms with van der Waals surface area (Å²) in [4.78, 5) is 8.85. The zero-order chi connectivity index (χ0) is 14.2. The number of nitrogens with one attached hydrogen (secondary N) is 2. The second-order valence-corrected chi connectivity index (χ2v) is 5.73. The zero-order valence-electron chi connectivity index (χ0n) is 12.3. The summed E-state index contributed by atoms with van der Waals surface area (Å²) < 4.78 is 5.61. The van der Waals surface area contributed by atoms with Crippen molar-refractivity contribution in [1.82, 2.24) is 9.97 Å². The second-order valence-electron chi connectivity index (χ2n) is 4.95. The molecule has 2 rings (SSSR count). The van der Waals surface area contributed by atoms with Gasteiger partial charge < -0.3 is 15.4 Å². The number of rotatable bonds is 10. The third-order valence-electron chi connectivity index (χ3n) is 3.07. The van der Waals surface area contributed by atoms with Crippen molar-refractivity contribution in [3.63, 3.8) is 0 Å². The highest BCUT2D eigenvalue weighted by Gasteiger charge is 2.20. The Morgan fingerprint density at radius 1 is 1.30 bits per heavy atom. The van der Waals surface area contributed by atoms with E-state index >= 15 is 0 Å². The quantitative estimate of drug-likeness (QED) is 0.393. The molecule has 20 heavy (non-hydrogen) atoms. The molecule has 2 N–H and O–H groups in total. The maximum Gasteiger partial charge on any atom is 0.191 e. The van der Waals surface area contributed by atoms with Crippen LogP contribution >= 0.6 is 11.8 Å². The lowest BCUT2D eigenvalue weighted by Crippen LogP contribution is -2.09. The van der Waals surface area contributed by atoms with Crippen molar-refractivity contribution in [2.75, 3.05) is 43.2 Å². The zero-order valence-corrected chi connectivity index (χ0v) is 13.1. The van der Waals surface area contributed by atoms with Gasteiger partial charge in [0.25, 0.3) is 0 Å². The van der Waals surface area contributed by atoms with Gasteiger partial charge in [0.05, 0.1) is 0 Å². The van der Waals surface area contributed by atoms with E-state index in [0.717, 1.165) is 55.4 Å². The largest absolute Gasteiger partial charge is 0.381 e. The third kappa shape index (κ3) is 5.54. The average Bonchev–Trinajstić information content (AvgIpc) is 3.27. The number of hydrogen-bond donors (Lipinski definition) is 2. The Morgan fingerprint density at radius 2 is 2.05 bits per heavy atom. The van der Waals surface area contributed by atoms with Crippen LogP contribution in [-0.2, 0) is 4.74 Å². The number of ether oxygens (including phenoxy) is 1. The van der Waals surface area contributed by atoms with Gasteiger partial charge in [-0.15, -0.1) is 0 Å². The number of hydrogen-bond acceptors (Lipinski definition) is 6. The van der Waals surface area contributed by atoms with Crippen molar-refractivity contribution in [2.24, 2.45) is 5.92 Å². The molecule has 0 saturated heterocycles. The Bertz CT molecular complexity index is 412. The van der Waals surface area contributed by atoms with Crippen molar-refractivity contribution in [3.8, 4) is 0 Å². The van der Waals surface area contributed by atoms with Crippen molar-refractivity contribution in [2.45, 2.75) is 31.3 Å². The first kappa shape index (κ1) is 15.4. The van der Waals surface area contributed by atoms with Crippen LogP contribution in [-0.4, -0.2) is 42.5 Å². The molecule has 0 aliphatic heterocycles. The van der Waals surface area contributed by atoms with Gasteiger partial charge in [-0.05, 0) is 38.4 Å². The molecule has 1 aliphatic rings. The van der Waals surface area contributed by atoms with Crippen LogP contribution in [0.4, 0.5) is 11.6 Å². The molecule has 1 aromatic rings. The molecule has 0 amide bonds. The summed E-state index contributed by atoms with van der Waals surface area (Å²) in [6.07, 6.45) is 5.69. The molecule has 0 atom stereocenters. The van der Waals surface area contributed by atoms with Gasteiger partial charge in [0.1, 0.15) is 11.6 Å². The van der Waals surface area contributed by atoms with Crippen LogP contribution in [0, 0.1) is 5.92 Å². The van der Waals surface area contributed by atoms with E-state index in [0.29, 0.717) is 0 Å². The van der Waals surface area contributed by atoms with Gasteiger partial charge in [-0.2, -0.15) is 0 Å². The van der Waals surface area contributed by atoms with Gasteiger partial charge in [-0.3, -0.25) is 0 Å². The van der Waals surface area contributed by atoms with Gasteiger partial charge in [0, 0.05) is 32.4 Å². The van der Waals surface area contributed by atoms with Crippen molar-refractivity contribution in [3.05, 3.63) is 6.07 Å². The molecule has 1 aromatic heterocycles. The minimum absolute atomic E-state index is 0.788. The smallest absolute Gasteiger partial charge is 0.191 e. The van der Waals surface area contributed by atoms with E-state index in [1.165, 1.54) is 12.8 Å². The van der Waals surface area contributed by atoms with Crippen LogP contribution in [0.2, 0.25) is 0 Å². The second kappa shape index (κ2) is 8.32. The lowest BCUT2D eigenvalue weighted by Gasteiger charge is -2.10. The fraction of sp³-hybridized carbons (Fsp3) is 0.714. The SMILES string of the molecule is CCNc1cc(NCCCOCC2CC2)nc(SC)n1. The molecular formula is C14H24N4OS. The standard InChI is InChI=1S/C14H24N4OS/c1-3-15-12-9-13(18-14(17-12)20-2)16-7-4-8-19-10-11-5-6-11/h9,11H,3-8,10H2,1-2H3,(H2,15,16,17,18). The Hall–Kier alpha value is -1.01. The molecular weight excluding hydrogens is 272 g/mol. The summed E-state index contributed by atoms with van der Waals surface area (Å²) in [5.74, 6) is 2.60. The van der Waals surface area contributed by atoms with Gasteiger partial charge in [-0.1, -0.05) is 11.8 Å². The van der Waals surface area contributed by atoms with E-state index < -0.39 is 0 Å². The Labute approximate surface area is 125 Å². The van der Waals surface area contributed by atoms with E-state index in [1.54, 1.807) is 11.8 Å². The molecule has 1 fully saturated rings. The van der Waals surface area contributed by atoms with Gasteiger partial charge in [0.2, 0.25) is 0 Å². The van der Waals surface area contributed by atoms with E-state index in [1.807, 2.05) is 12.3 Å². The van der Waals surface area contributed by atoms with Crippen molar-refractivity contribution >= 4 is 23.4 Å². The van der Waals surface area contributed by atoms with E-state index in [9.17, 15) is 0 Å². The first-order valence-electron chi connectivity index (χ1n) is 7.30. The number of thioether (sulfide) groups is 1. The summed E-state index contributed by atoms with van der Waals surface area (Å²) in [7, 11) is 0. The summed E-state index contributed by atoms with van der Waals surface area (Å²) in [5.41, 5.74) is 0. The van der Waals surface area contributed by atoms with Crippen LogP contribution < -0.4 is 10.6 Å². The summed E-state index contributed by atoms with van der Waals surface area (Å²) in [6, 6.07) is 1.95. The Kier molecular flexibility index (Phi) is 6.39. The minimum Gasteiger partial charge on any atom is -0.381 e. The summed E-state index contributed by atoms with van der Waals surface area (Å²) >= 11 is 1.55. The number of aromatic nitrogens is 2. The van der Waals surface area contributed by atoms with E-state index in [4.69, 9.17) is 4.74 Å². The average molecular weight is 296 g/mol. The predicted molar refractivity (Wildman–Crippen MR) is 84.6 cm³/mol. The van der Waals surface area contributed by atoms with E-state index in [-0.39, 0.29) is 0 Å². The first-order valence-corrected chi connectivity index (χ1v) is 8.53. The molecule has 0 aromatic carbocycles. The highest BCUT2D eigenvalue weighted by atomic mass is 32.2. The van der Waals surface area contributed by atoms with Gasteiger partial charge in [0.15, 0.2) is 5.16 Å². The Morgan fingerprint density at radius 3 is 2.70 bits per heavy atom. The van der Waals surface area contributed by atoms with Crippen LogP contribution in [0.1, 0.15) is 26.2 Å². The van der Waals surface area contributed by atoms with Crippen LogP contribution in [0.15, 0.2) is 11.2 Å². The first-order chi connectivity index (χ1) is 9.81. The molecule has 6 heteroatoms. The lowest BCUT2D eigenvalue weighted by atomic mass is 10.4. The molecule has 0 spiro atoms. The molecule has 1 aliphatic carbocycles. The van der Waals surface area contributed by atoms with Crippen LogP contribution in [0.25, 0.3) is 0 Å². The maximum atomic E-state index is 5.61.